The summed E-state index contributed by atoms with van der Waals surface area (Å²) in [4.78, 5) is 39.4. The van der Waals surface area contributed by atoms with Crippen LogP contribution in [-0.2, 0) is 24.8 Å². The largest absolute Gasteiger partial charge is 0.331 e. The maximum absolute atomic E-state index is 12.8. The predicted octanol–water partition coefficient (Wildman–Crippen LogP) is 1.29. The number of amides is 1. The van der Waals surface area contributed by atoms with Crippen LogP contribution in [-0.4, -0.2) is 21.6 Å². The number of fused-ring (bicyclic) bond motifs is 2. The third-order valence-corrected chi connectivity index (χ3v) is 4.73. The smallest absolute Gasteiger partial charge is 0.310 e. The molecule has 0 unspecified atom stereocenters. The first-order chi connectivity index (χ1) is 12.1. The van der Waals surface area contributed by atoms with E-state index in [0.717, 1.165) is 22.2 Å². The van der Waals surface area contributed by atoms with Crippen LogP contribution in [0.5, 0.6) is 0 Å². The third-order valence-electron chi connectivity index (χ3n) is 4.73. The molecule has 0 radical (unpaired) electrons. The fourth-order valence-corrected chi connectivity index (χ4v) is 3.41. The van der Waals surface area contributed by atoms with Gasteiger partial charge < -0.3 is 4.90 Å². The number of para-hydroxylation sites is 2. The van der Waals surface area contributed by atoms with Crippen LogP contribution in [0.15, 0.2) is 58.1 Å². The van der Waals surface area contributed by atoms with Gasteiger partial charge in [0, 0.05) is 19.3 Å². The molecule has 0 atom stereocenters. The van der Waals surface area contributed by atoms with Gasteiger partial charge in [0.2, 0.25) is 5.91 Å². The Morgan fingerprint density at radius 2 is 1.76 bits per heavy atom. The van der Waals surface area contributed by atoms with E-state index in [1.54, 1.807) is 29.2 Å². The zero-order valence-corrected chi connectivity index (χ0v) is 13.8. The van der Waals surface area contributed by atoms with E-state index in [4.69, 9.17) is 0 Å². The van der Waals surface area contributed by atoms with Crippen LogP contribution in [0.25, 0.3) is 10.9 Å². The van der Waals surface area contributed by atoms with Gasteiger partial charge in [-0.2, -0.15) is 0 Å². The third kappa shape index (κ3) is 2.38. The molecule has 0 fully saturated rings. The highest BCUT2D eigenvalue weighted by molar-refractivity contribution is 5.96. The standard InChI is InChI=1S/C19H17N3O3/c1-20-18(24)14-7-3-5-9-16(14)22(19(20)25)12-17(23)21-11-10-13-6-2-4-8-15(13)21/h2-9H,10-12H2,1H3. The van der Waals surface area contributed by atoms with Crippen LogP contribution in [0.4, 0.5) is 5.69 Å². The zero-order chi connectivity index (χ0) is 17.6. The summed E-state index contributed by atoms with van der Waals surface area (Å²) in [6.45, 7) is 0.512. The molecule has 3 aromatic rings. The van der Waals surface area contributed by atoms with E-state index in [1.165, 1.54) is 11.6 Å². The highest BCUT2D eigenvalue weighted by Crippen LogP contribution is 2.27. The molecule has 6 nitrogen and oxygen atoms in total. The molecule has 0 bridgehead atoms. The molecule has 0 N–H and O–H groups in total. The molecule has 0 saturated heterocycles. The molecule has 2 aromatic carbocycles. The summed E-state index contributed by atoms with van der Waals surface area (Å²) in [5.41, 5.74) is 1.68. The Bertz CT molecular complexity index is 1110. The Balaban J connectivity index is 1.79. The topological polar surface area (TPSA) is 64.3 Å². The van der Waals surface area contributed by atoms with Gasteiger partial charge >= 0.3 is 5.69 Å². The van der Waals surface area contributed by atoms with E-state index in [2.05, 4.69) is 0 Å². The number of nitrogens with zero attached hydrogens (tertiary/aromatic N) is 3. The summed E-state index contributed by atoms with van der Waals surface area (Å²) in [5, 5.41) is 0.430. The van der Waals surface area contributed by atoms with Gasteiger partial charge in [0.1, 0.15) is 6.54 Å². The number of rotatable bonds is 2. The number of benzene rings is 2. The van der Waals surface area contributed by atoms with E-state index >= 15 is 0 Å². The van der Waals surface area contributed by atoms with Crippen molar-refractivity contribution in [3.8, 4) is 0 Å². The minimum atomic E-state index is -0.482. The van der Waals surface area contributed by atoms with Crippen molar-refractivity contribution in [1.29, 1.82) is 0 Å². The van der Waals surface area contributed by atoms with Crippen molar-refractivity contribution >= 4 is 22.5 Å². The SMILES string of the molecule is Cn1c(=O)c2ccccc2n(CC(=O)N2CCc3ccccc32)c1=O. The lowest BCUT2D eigenvalue weighted by Gasteiger charge is -2.19. The number of anilines is 1. The second kappa shape index (κ2) is 5.73. The molecular weight excluding hydrogens is 318 g/mol. The second-order valence-corrected chi connectivity index (χ2v) is 6.17. The molecule has 2 heterocycles. The molecule has 1 amide bonds. The van der Waals surface area contributed by atoms with Crippen LogP contribution in [0.1, 0.15) is 5.56 Å². The number of hydrogen-bond acceptors (Lipinski definition) is 3. The molecule has 126 valence electrons. The zero-order valence-electron chi connectivity index (χ0n) is 13.8. The van der Waals surface area contributed by atoms with Gasteiger partial charge in [0.25, 0.3) is 5.56 Å². The van der Waals surface area contributed by atoms with Gasteiger partial charge in [-0.1, -0.05) is 30.3 Å². The van der Waals surface area contributed by atoms with E-state index in [0.29, 0.717) is 17.4 Å². The van der Waals surface area contributed by atoms with Gasteiger partial charge in [-0.05, 0) is 30.2 Å². The maximum Gasteiger partial charge on any atom is 0.331 e. The quantitative estimate of drug-likeness (QED) is 0.709. The number of aromatic nitrogens is 2. The Morgan fingerprint density at radius 1 is 1.04 bits per heavy atom. The summed E-state index contributed by atoms with van der Waals surface area (Å²) in [6, 6.07) is 14.7. The minimum Gasteiger partial charge on any atom is -0.310 e. The molecule has 1 aliphatic rings. The molecule has 4 rings (SSSR count). The summed E-state index contributed by atoms with van der Waals surface area (Å²) in [5.74, 6) is -0.157. The van der Waals surface area contributed by atoms with Crippen molar-refractivity contribution in [1.82, 2.24) is 9.13 Å². The minimum absolute atomic E-state index is 0.0954. The first kappa shape index (κ1) is 15.4. The van der Waals surface area contributed by atoms with Crippen LogP contribution in [0.3, 0.4) is 0 Å². The summed E-state index contributed by atoms with van der Waals surface area (Å²) >= 11 is 0. The van der Waals surface area contributed by atoms with Crippen LogP contribution in [0.2, 0.25) is 0 Å². The van der Waals surface area contributed by atoms with E-state index in [-0.39, 0.29) is 18.0 Å². The monoisotopic (exact) mass is 335 g/mol. The first-order valence-corrected chi connectivity index (χ1v) is 8.15. The molecule has 25 heavy (non-hydrogen) atoms. The fraction of sp³-hybridized carbons (Fsp3) is 0.211. The number of carbonyl (C=O) groups is 1. The van der Waals surface area contributed by atoms with Gasteiger partial charge in [-0.25, -0.2) is 4.79 Å². The van der Waals surface area contributed by atoms with Gasteiger partial charge in [-0.15, -0.1) is 0 Å². The molecule has 0 spiro atoms. The van der Waals surface area contributed by atoms with Gasteiger partial charge in [0.05, 0.1) is 10.9 Å². The summed E-state index contributed by atoms with van der Waals surface area (Å²) in [7, 11) is 1.43. The Morgan fingerprint density at radius 3 is 2.60 bits per heavy atom. The maximum atomic E-state index is 12.8. The van der Waals surface area contributed by atoms with E-state index in [1.807, 2.05) is 24.3 Å². The van der Waals surface area contributed by atoms with Crippen LogP contribution < -0.4 is 16.1 Å². The summed E-state index contributed by atoms with van der Waals surface area (Å²) in [6.07, 6.45) is 0.810. The molecular formula is C19H17N3O3. The van der Waals surface area contributed by atoms with Crippen molar-refractivity contribution in [3.05, 3.63) is 74.9 Å². The van der Waals surface area contributed by atoms with Gasteiger partial charge in [0.15, 0.2) is 0 Å². The van der Waals surface area contributed by atoms with Crippen molar-refractivity contribution in [2.75, 3.05) is 11.4 Å². The summed E-state index contributed by atoms with van der Waals surface area (Å²) < 4.78 is 2.42. The molecule has 0 aliphatic carbocycles. The molecule has 6 heteroatoms. The average Bonchev–Trinajstić information content (AvgIpc) is 3.07. The van der Waals surface area contributed by atoms with Gasteiger partial charge in [-0.3, -0.25) is 18.7 Å². The normalized spacial score (nSPS) is 13.2. The molecule has 1 aliphatic heterocycles. The lowest BCUT2D eigenvalue weighted by Crippen LogP contribution is -2.42. The van der Waals surface area contributed by atoms with Crippen molar-refractivity contribution in [3.63, 3.8) is 0 Å². The van der Waals surface area contributed by atoms with Crippen molar-refractivity contribution < 1.29 is 4.79 Å². The Hall–Kier alpha value is -3.15. The molecule has 0 saturated carbocycles. The van der Waals surface area contributed by atoms with Crippen molar-refractivity contribution in [2.24, 2.45) is 7.05 Å². The second-order valence-electron chi connectivity index (χ2n) is 6.17. The van der Waals surface area contributed by atoms with Crippen molar-refractivity contribution in [2.45, 2.75) is 13.0 Å². The van der Waals surface area contributed by atoms with Crippen LogP contribution in [0, 0.1) is 0 Å². The van der Waals surface area contributed by atoms with E-state index < -0.39 is 5.69 Å². The lowest BCUT2D eigenvalue weighted by atomic mass is 10.2. The van der Waals surface area contributed by atoms with E-state index in [9.17, 15) is 14.4 Å². The Kier molecular flexibility index (Phi) is 3.53. The highest BCUT2D eigenvalue weighted by atomic mass is 16.2. The Labute approximate surface area is 143 Å². The predicted molar refractivity (Wildman–Crippen MR) is 95.9 cm³/mol. The molecule has 1 aromatic heterocycles. The lowest BCUT2D eigenvalue weighted by molar-refractivity contribution is -0.119. The number of carbonyl (C=O) groups excluding carboxylic acids is 1. The first-order valence-electron chi connectivity index (χ1n) is 8.15. The fourth-order valence-electron chi connectivity index (χ4n) is 3.41. The highest BCUT2D eigenvalue weighted by Gasteiger charge is 2.25. The number of hydrogen-bond donors (Lipinski definition) is 0. The van der Waals surface area contributed by atoms with Crippen LogP contribution >= 0.6 is 0 Å². The average molecular weight is 335 g/mol.